The summed E-state index contributed by atoms with van der Waals surface area (Å²) in [5.74, 6) is 0.192. The first kappa shape index (κ1) is 14.8. The highest BCUT2D eigenvalue weighted by Crippen LogP contribution is 2.28. The van der Waals surface area contributed by atoms with E-state index in [2.05, 4.69) is 21.2 Å². The van der Waals surface area contributed by atoms with Crippen LogP contribution in [0.15, 0.2) is 16.6 Å². The van der Waals surface area contributed by atoms with Crippen LogP contribution in [0, 0.1) is 6.92 Å². The van der Waals surface area contributed by atoms with E-state index >= 15 is 0 Å². The highest BCUT2D eigenvalue weighted by atomic mass is 79.9. The minimum absolute atomic E-state index is 0.192. The van der Waals surface area contributed by atoms with E-state index < -0.39 is 9.84 Å². The molecule has 17 heavy (non-hydrogen) atoms. The zero-order valence-electron chi connectivity index (χ0n) is 9.76. The molecule has 0 bridgehead atoms. The van der Waals surface area contributed by atoms with Crippen molar-refractivity contribution in [3.63, 3.8) is 0 Å². The van der Waals surface area contributed by atoms with Gasteiger partial charge in [0.05, 0.1) is 5.75 Å². The Labute approximate surface area is 116 Å². The van der Waals surface area contributed by atoms with Gasteiger partial charge < -0.3 is 5.32 Å². The van der Waals surface area contributed by atoms with Crippen LogP contribution in [0.25, 0.3) is 0 Å². The second-order valence-corrected chi connectivity index (χ2v) is 7.51. The van der Waals surface area contributed by atoms with Gasteiger partial charge in [-0.25, -0.2) is 8.42 Å². The van der Waals surface area contributed by atoms with Gasteiger partial charge in [-0.1, -0.05) is 11.6 Å². The van der Waals surface area contributed by atoms with Crippen molar-refractivity contribution in [1.82, 2.24) is 0 Å². The topological polar surface area (TPSA) is 46.2 Å². The highest BCUT2D eigenvalue weighted by Gasteiger charge is 2.05. The fourth-order valence-electron chi connectivity index (χ4n) is 1.34. The molecule has 0 aliphatic carbocycles. The molecule has 0 heterocycles. The summed E-state index contributed by atoms with van der Waals surface area (Å²) in [7, 11) is -2.88. The zero-order valence-corrected chi connectivity index (χ0v) is 12.9. The summed E-state index contributed by atoms with van der Waals surface area (Å²) >= 11 is 9.45. The Morgan fingerprint density at radius 3 is 2.65 bits per heavy atom. The third-order valence-corrected chi connectivity index (χ3v) is 4.35. The van der Waals surface area contributed by atoms with Crippen molar-refractivity contribution in [2.45, 2.75) is 13.3 Å². The Kier molecular flexibility index (Phi) is 5.28. The maximum atomic E-state index is 11.0. The van der Waals surface area contributed by atoms with E-state index in [9.17, 15) is 8.42 Å². The Balaban J connectivity index is 2.55. The molecule has 1 rings (SSSR count). The van der Waals surface area contributed by atoms with Crippen LogP contribution >= 0.6 is 27.5 Å². The molecule has 0 atom stereocenters. The van der Waals surface area contributed by atoms with E-state index in [1.165, 1.54) is 6.26 Å². The normalized spacial score (nSPS) is 11.5. The predicted molar refractivity (Wildman–Crippen MR) is 76.7 cm³/mol. The minimum atomic E-state index is -2.88. The minimum Gasteiger partial charge on any atom is -0.384 e. The van der Waals surface area contributed by atoms with E-state index in [0.29, 0.717) is 18.0 Å². The van der Waals surface area contributed by atoms with Crippen molar-refractivity contribution in [2.75, 3.05) is 23.9 Å². The molecule has 0 saturated carbocycles. The average Bonchev–Trinajstić information content (AvgIpc) is 2.18. The molecule has 0 unspecified atom stereocenters. The Hall–Kier alpha value is -0.260. The molecule has 0 aliphatic heterocycles. The Morgan fingerprint density at radius 2 is 2.06 bits per heavy atom. The van der Waals surface area contributed by atoms with Gasteiger partial charge >= 0.3 is 0 Å². The summed E-state index contributed by atoms with van der Waals surface area (Å²) in [5.41, 5.74) is 1.88. The van der Waals surface area contributed by atoms with Crippen molar-refractivity contribution < 1.29 is 8.42 Å². The number of benzene rings is 1. The lowest BCUT2D eigenvalue weighted by atomic mass is 10.2. The van der Waals surface area contributed by atoms with E-state index in [1.54, 1.807) is 0 Å². The summed E-state index contributed by atoms with van der Waals surface area (Å²) in [5, 5.41) is 3.85. The summed E-state index contributed by atoms with van der Waals surface area (Å²) in [4.78, 5) is 0. The number of hydrogen-bond donors (Lipinski definition) is 1. The van der Waals surface area contributed by atoms with Crippen LogP contribution in [0.3, 0.4) is 0 Å². The second-order valence-electron chi connectivity index (χ2n) is 3.99. The molecular formula is C11H15BrClNO2S. The molecule has 0 aliphatic rings. The molecule has 0 saturated heterocycles. The lowest BCUT2D eigenvalue weighted by Crippen LogP contribution is -2.10. The molecule has 0 aromatic heterocycles. The van der Waals surface area contributed by atoms with Gasteiger partial charge in [-0.05, 0) is 47.0 Å². The SMILES string of the molecule is Cc1cc(Br)c(NCCCS(C)(=O)=O)cc1Cl. The number of nitrogens with one attached hydrogen (secondary N) is 1. The largest absolute Gasteiger partial charge is 0.384 e. The van der Waals surface area contributed by atoms with Crippen LogP contribution in [0.1, 0.15) is 12.0 Å². The smallest absolute Gasteiger partial charge is 0.147 e. The van der Waals surface area contributed by atoms with Crippen molar-refractivity contribution in [2.24, 2.45) is 0 Å². The number of anilines is 1. The van der Waals surface area contributed by atoms with E-state index in [-0.39, 0.29) is 5.75 Å². The van der Waals surface area contributed by atoms with Gasteiger partial charge in [-0.15, -0.1) is 0 Å². The van der Waals surface area contributed by atoms with Gasteiger partial charge in [0.2, 0.25) is 0 Å². The monoisotopic (exact) mass is 339 g/mol. The zero-order chi connectivity index (χ0) is 13.1. The standard InChI is InChI=1S/C11H15BrClNO2S/c1-8-6-9(12)11(7-10(8)13)14-4-3-5-17(2,15)16/h6-7,14H,3-5H2,1-2H3. The third-order valence-electron chi connectivity index (χ3n) is 2.26. The maximum absolute atomic E-state index is 11.0. The van der Waals surface area contributed by atoms with Crippen molar-refractivity contribution >= 4 is 43.1 Å². The van der Waals surface area contributed by atoms with Crippen molar-refractivity contribution in [3.8, 4) is 0 Å². The van der Waals surface area contributed by atoms with E-state index in [1.807, 2.05) is 19.1 Å². The van der Waals surface area contributed by atoms with Gasteiger partial charge in [0.25, 0.3) is 0 Å². The lowest BCUT2D eigenvalue weighted by Gasteiger charge is -2.10. The first-order chi connectivity index (χ1) is 7.79. The average molecular weight is 341 g/mol. The molecule has 96 valence electrons. The molecule has 0 amide bonds. The van der Waals surface area contributed by atoms with Crippen LogP contribution in [-0.2, 0) is 9.84 Å². The molecule has 1 aromatic carbocycles. The van der Waals surface area contributed by atoms with Gasteiger partial charge in [0.15, 0.2) is 0 Å². The summed E-state index contributed by atoms with van der Waals surface area (Å²) in [6.07, 6.45) is 1.82. The summed E-state index contributed by atoms with van der Waals surface area (Å²) in [6.45, 7) is 2.53. The number of sulfone groups is 1. The molecule has 0 fully saturated rings. The van der Waals surface area contributed by atoms with E-state index in [0.717, 1.165) is 15.7 Å². The van der Waals surface area contributed by atoms with Crippen LogP contribution < -0.4 is 5.32 Å². The fourth-order valence-corrected chi connectivity index (χ4v) is 2.77. The molecule has 3 nitrogen and oxygen atoms in total. The second kappa shape index (κ2) is 6.07. The quantitative estimate of drug-likeness (QED) is 0.837. The molecule has 0 radical (unpaired) electrons. The van der Waals surface area contributed by atoms with Crippen LogP contribution in [-0.4, -0.2) is 27.0 Å². The Bertz CT molecular complexity index is 502. The molecule has 0 spiro atoms. The molecule has 6 heteroatoms. The maximum Gasteiger partial charge on any atom is 0.147 e. The van der Waals surface area contributed by atoms with Gasteiger partial charge in [-0.2, -0.15) is 0 Å². The van der Waals surface area contributed by atoms with Crippen molar-refractivity contribution in [3.05, 3.63) is 27.2 Å². The fraction of sp³-hybridized carbons (Fsp3) is 0.455. The Morgan fingerprint density at radius 1 is 1.41 bits per heavy atom. The van der Waals surface area contributed by atoms with Crippen LogP contribution in [0.5, 0.6) is 0 Å². The molecular weight excluding hydrogens is 326 g/mol. The van der Waals surface area contributed by atoms with Crippen molar-refractivity contribution in [1.29, 1.82) is 0 Å². The summed E-state index contributed by atoms with van der Waals surface area (Å²) < 4.78 is 22.8. The lowest BCUT2D eigenvalue weighted by molar-refractivity contribution is 0.600. The summed E-state index contributed by atoms with van der Waals surface area (Å²) in [6, 6.07) is 3.77. The first-order valence-electron chi connectivity index (χ1n) is 5.17. The van der Waals surface area contributed by atoms with E-state index in [4.69, 9.17) is 11.6 Å². The number of aryl methyl sites for hydroxylation is 1. The molecule has 1 aromatic rings. The number of halogens is 2. The highest BCUT2D eigenvalue weighted by molar-refractivity contribution is 9.10. The van der Waals surface area contributed by atoms with Gasteiger partial charge in [0, 0.05) is 28.0 Å². The first-order valence-corrected chi connectivity index (χ1v) is 8.40. The number of rotatable bonds is 5. The molecule has 1 N–H and O–H groups in total. The van der Waals surface area contributed by atoms with Gasteiger partial charge in [-0.3, -0.25) is 0 Å². The third kappa shape index (κ3) is 5.27. The number of hydrogen-bond acceptors (Lipinski definition) is 3. The van der Waals surface area contributed by atoms with Gasteiger partial charge in [0.1, 0.15) is 9.84 Å². The van der Waals surface area contributed by atoms with Crippen LogP contribution in [0.4, 0.5) is 5.69 Å². The predicted octanol–water partition coefficient (Wildman–Crippen LogP) is 3.26. The van der Waals surface area contributed by atoms with Crippen LogP contribution in [0.2, 0.25) is 5.02 Å².